The van der Waals surface area contributed by atoms with E-state index in [1.165, 1.54) is 11.3 Å². The van der Waals surface area contributed by atoms with E-state index in [-0.39, 0.29) is 11.5 Å². The lowest BCUT2D eigenvalue weighted by Crippen LogP contribution is -2.13. The molecule has 0 aliphatic rings. The van der Waals surface area contributed by atoms with Crippen molar-refractivity contribution in [3.63, 3.8) is 0 Å². The molecule has 20 heavy (non-hydrogen) atoms. The van der Waals surface area contributed by atoms with E-state index in [0.29, 0.717) is 13.0 Å². The van der Waals surface area contributed by atoms with E-state index in [1.807, 2.05) is 18.2 Å². The van der Waals surface area contributed by atoms with Gasteiger partial charge in [0.2, 0.25) is 0 Å². The first-order valence-corrected chi connectivity index (χ1v) is 7.03. The first-order chi connectivity index (χ1) is 9.74. The maximum Gasteiger partial charge on any atom is 0.307 e. The molecule has 1 heterocycles. The van der Waals surface area contributed by atoms with Crippen LogP contribution in [0.5, 0.6) is 5.75 Å². The molecule has 0 saturated carbocycles. The molecule has 4 nitrogen and oxygen atoms in total. The molecule has 104 valence electrons. The highest BCUT2D eigenvalue weighted by Crippen LogP contribution is 2.20. The standard InChI is InChI=1S/C15H15NO3S/c1-19-14-6-5-12(4-2-3-8-17)10-13(14)11-16-7-9-20-15(16)18/h5-7,9-10,17H,3,8,11H2,1H3. The van der Waals surface area contributed by atoms with E-state index in [9.17, 15) is 4.79 Å². The van der Waals surface area contributed by atoms with E-state index in [4.69, 9.17) is 9.84 Å². The Labute approximate surface area is 121 Å². The van der Waals surface area contributed by atoms with Gasteiger partial charge in [0, 0.05) is 29.1 Å². The number of rotatable bonds is 4. The zero-order valence-corrected chi connectivity index (χ0v) is 11.9. The Bertz CT molecular complexity index is 691. The molecule has 0 unspecified atom stereocenters. The maximum atomic E-state index is 11.6. The van der Waals surface area contributed by atoms with Crippen molar-refractivity contribution in [1.82, 2.24) is 4.57 Å². The van der Waals surface area contributed by atoms with Gasteiger partial charge in [-0.25, -0.2) is 0 Å². The quantitative estimate of drug-likeness (QED) is 0.872. The van der Waals surface area contributed by atoms with Crippen molar-refractivity contribution in [1.29, 1.82) is 0 Å². The van der Waals surface area contributed by atoms with Crippen LogP contribution in [0.1, 0.15) is 17.5 Å². The zero-order valence-electron chi connectivity index (χ0n) is 11.1. The van der Waals surface area contributed by atoms with Crippen molar-refractivity contribution < 1.29 is 9.84 Å². The summed E-state index contributed by atoms with van der Waals surface area (Å²) in [5.41, 5.74) is 1.75. The lowest BCUT2D eigenvalue weighted by Gasteiger charge is -2.09. The van der Waals surface area contributed by atoms with Crippen molar-refractivity contribution in [3.05, 3.63) is 50.6 Å². The average molecular weight is 289 g/mol. The first kappa shape index (κ1) is 14.4. The van der Waals surface area contributed by atoms with E-state index >= 15 is 0 Å². The number of aromatic nitrogens is 1. The van der Waals surface area contributed by atoms with Crippen LogP contribution in [0.25, 0.3) is 0 Å². The lowest BCUT2D eigenvalue weighted by atomic mass is 10.1. The van der Waals surface area contributed by atoms with Crippen LogP contribution in [0.4, 0.5) is 0 Å². The minimum absolute atomic E-state index is 0.00354. The molecule has 0 radical (unpaired) electrons. The molecule has 1 N–H and O–H groups in total. The summed E-state index contributed by atoms with van der Waals surface area (Å²) in [6, 6.07) is 5.62. The van der Waals surface area contributed by atoms with Crippen LogP contribution in [0, 0.1) is 11.8 Å². The molecule has 0 fully saturated rings. The largest absolute Gasteiger partial charge is 0.496 e. The van der Waals surface area contributed by atoms with Gasteiger partial charge in [-0.15, -0.1) is 0 Å². The van der Waals surface area contributed by atoms with Crippen molar-refractivity contribution in [3.8, 4) is 17.6 Å². The average Bonchev–Trinajstić information content (AvgIpc) is 2.85. The Morgan fingerprint density at radius 1 is 1.45 bits per heavy atom. The number of thiazole rings is 1. The summed E-state index contributed by atoms with van der Waals surface area (Å²) in [4.78, 5) is 11.6. The van der Waals surface area contributed by atoms with Crippen LogP contribution in [0.15, 0.2) is 34.6 Å². The molecule has 1 aromatic carbocycles. The van der Waals surface area contributed by atoms with Crippen LogP contribution >= 0.6 is 11.3 Å². The number of nitrogens with zero attached hydrogens (tertiary/aromatic N) is 1. The SMILES string of the molecule is COc1ccc(C#CCCO)cc1Cn1ccsc1=O. The molecule has 5 heteroatoms. The second-order valence-electron chi connectivity index (χ2n) is 4.10. The third-order valence-electron chi connectivity index (χ3n) is 2.73. The molecular weight excluding hydrogens is 274 g/mol. The number of aliphatic hydroxyl groups is 1. The zero-order chi connectivity index (χ0) is 14.4. The van der Waals surface area contributed by atoms with Crippen molar-refractivity contribution in [2.75, 3.05) is 13.7 Å². The summed E-state index contributed by atoms with van der Waals surface area (Å²) < 4.78 is 6.95. The Hall–Kier alpha value is -2.03. The van der Waals surface area contributed by atoms with Gasteiger partial charge in [0.25, 0.3) is 0 Å². The molecule has 0 saturated heterocycles. The summed E-state index contributed by atoms with van der Waals surface area (Å²) >= 11 is 1.17. The summed E-state index contributed by atoms with van der Waals surface area (Å²) in [7, 11) is 1.60. The van der Waals surface area contributed by atoms with Crippen LogP contribution in [-0.2, 0) is 6.54 Å². The van der Waals surface area contributed by atoms with Crippen LogP contribution in [0.3, 0.4) is 0 Å². The van der Waals surface area contributed by atoms with Gasteiger partial charge < -0.3 is 14.4 Å². The number of aliphatic hydroxyl groups excluding tert-OH is 1. The van der Waals surface area contributed by atoms with Gasteiger partial charge >= 0.3 is 4.87 Å². The molecule has 0 amide bonds. The van der Waals surface area contributed by atoms with E-state index < -0.39 is 0 Å². The fourth-order valence-corrected chi connectivity index (χ4v) is 2.38. The van der Waals surface area contributed by atoms with E-state index in [0.717, 1.165) is 16.9 Å². The third kappa shape index (κ3) is 3.50. The van der Waals surface area contributed by atoms with Gasteiger partial charge in [-0.2, -0.15) is 0 Å². The van der Waals surface area contributed by atoms with Crippen molar-refractivity contribution in [2.45, 2.75) is 13.0 Å². The van der Waals surface area contributed by atoms with Crippen molar-refractivity contribution >= 4 is 11.3 Å². The number of hydrogen-bond acceptors (Lipinski definition) is 4. The van der Waals surface area contributed by atoms with E-state index in [2.05, 4.69) is 11.8 Å². The molecular formula is C15H15NO3S. The Morgan fingerprint density at radius 3 is 2.95 bits per heavy atom. The summed E-state index contributed by atoms with van der Waals surface area (Å²) in [5, 5.41) is 10.5. The molecule has 0 aliphatic heterocycles. The second-order valence-corrected chi connectivity index (χ2v) is 4.96. The third-order valence-corrected chi connectivity index (χ3v) is 3.43. The first-order valence-electron chi connectivity index (χ1n) is 6.15. The highest BCUT2D eigenvalue weighted by atomic mass is 32.1. The van der Waals surface area contributed by atoms with Crippen LogP contribution < -0.4 is 9.61 Å². The molecule has 0 bridgehead atoms. The van der Waals surface area contributed by atoms with Gasteiger partial charge in [0.05, 0.1) is 20.3 Å². The smallest absolute Gasteiger partial charge is 0.307 e. The Morgan fingerprint density at radius 2 is 2.30 bits per heavy atom. The van der Waals surface area contributed by atoms with Crippen molar-refractivity contribution in [2.24, 2.45) is 0 Å². The topological polar surface area (TPSA) is 51.5 Å². The number of hydrogen-bond donors (Lipinski definition) is 1. The molecule has 0 spiro atoms. The molecule has 2 aromatic rings. The normalized spacial score (nSPS) is 9.90. The highest BCUT2D eigenvalue weighted by molar-refractivity contribution is 7.07. The second kappa shape index (κ2) is 6.94. The summed E-state index contributed by atoms with van der Waals surface area (Å²) in [6.07, 6.45) is 2.21. The minimum Gasteiger partial charge on any atom is -0.496 e. The number of methoxy groups -OCH3 is 1. The van der Waals surface area contributed by atoms with Crippen LogP contribution in [0.2, 0.25) is 0 Å². The van der Waals surface area contributed by atoms with Crippen LogP contribution in [-0.4, -0.2) is 23.4 Å². The number of benzene rings is 1. The monoisotopic (exact) mass is 289 g/mol. The fourth-order valence-electron chi connectivity index (χ4n) is 1.79. The van der Waals surface area contributed by atoms with Gasteiger partial charge in [-0.3, -0.25) is 4.79 Å². The highest BCUT2D eigenvalue weighted by Gasteiger charge is 2.06. The molecule has 0 aliphatic carbocycles. The fraction of sp³-hybridized carbons (Fsp3) is 0.267. The minimum atomic E-state index is 0.00354. The predicted octanol–water partition coefficient (Wildman–Crippen LogP) is 1.70. The predicted molar refractivity (Wildman–Crippen MR) is 79.3 cm³/mol. The Kier molecular flexibility index (Phi) is 4.99. The Balaban J connectivity index is 2.30. The molecule has 2 rings (SSSR count). The van der Waals surface area contributed by atoms with Gasteiger partial charge in [-0.05, 0) is 18.2 Å². The molecule has 0 atom stereocenters. The summed E-state index contributed by atoms with van der Waals surface area (Å²) in [5.74, 6) is 6.59. The number of ether oxygens (including phenoxy) is 1. The summed E-state index contributed by atoms with van der Waals surface area (Å²) in [6.45, 7) is 0.515. The maximum absolute atomic E-state index is 11.6. The van der Waals surface area contributed by atoms with E-state index in [1.54, 1.807) is 23.3 Å². The van der Waals surface area contributed by atoms with Gasteiger partial charge in [-0.1, -0.05) is 23.2 Å². The van der Waals surface area contributed by atoms with Gasteiger partial charge in [0.15, 0.2) is 0 Å². The lowest BCUT2D eigenvalue weighted by molar-refractivity contribution is 0.305. The molecule has 1 aromatic heterocycles. The van der Waals surface area contributed by atoms with Gasteiger partial charge in [0.1, 0.15) is 5.75 Å².